The molecule has 0 saturated carbocycles. The van der Waals surface area contributed by atoms with E-state index in [9.17, 15) is 10.5 Å². The highest BCUT2D eigenvalue weighted by Crippen LogP contribution is 2.39. The van der Waals surface area contributed by atoms with Crippen molar-refractivity contribution >= 4 is 43.6 Å². The zero-order chi connectivity index (χ0) is 25.1. The summed E-state index contributed by atoms with van der Waals surface area (Å²) in [4.78, 5) is 0. The first-order valence-corrected chi connectivity index (χ1v) is 12.2. The van der Waals surface area contributed by atoms with Gasteiger partial charge in [-0.15, -0.1) is 0 Å². The minimum Gasteiger partial charge on any atom is -0.307 e. The number of aryl methyl sites for hydroxylation is 1. The van der Waals surface area contributed by atoms with Gasteiger partial charge < -0.3 is 9.13 Å². The van der Waals surface area contributed by atoms with Gasteiger partial charge in [0.05, 0.1) is 44.6 Å². The third-order valence-electron chi connectivity index (χ3n) is 7.25. The molecular formula is C33H20N4. The zero-order valence-electron chi connectivity index (χ0n) is 20.1. The molecule has 0 radical (unpaired) electrons. The van der Waals surface area contributed by atoms with Crippen molar-refractivity contribution in [1.29, 1.82) is 10.5 Å². The number of para-hydroxylation sites is 3. The van der Waals surface area contributed by atoms with Crippen LogP contribution in [-0.2, 0) is 0 Å². The molecule has 0 fully saturated rings. The average Bonchev–Trinajstić information content (AvgIpc) is 3.45. The van der Waals surface area contributed by atoms with E-state index in [0.717, 1.165) is 55.0 Å². The molecule has 5 aromatic carbocycles. The molecule has 7 aromatic rings. The van der Waals surface area contributed by atoms with Crippen LogP contribution in [0.4, 0.5) is 0 Å². The van der Waals surface area contributed by atoms with Crippen LogP contribution in [-0.4, -0.2) is 9.13 Å². The van der Waals surface area contributed by atoms with Gasteiger partial charge in [-0.1, -0.05) is 66.2 Å². The monoisotopic (exact) mass is 472 g/mol. The summed E-state index contributed by atoms with van der Waals surface area (Å²) in [6.07, 6.45) is 0. The lowest BCUT2D eigenvalue weighted by Crippen LogP contribution is -2.05. The van der Waals surface area contributed by atoms with Gasteiger partial charge in [-0.2, -0.15) is 10.5 Å². The second kappa shape index (κ2) is 7.85. The number of fused-ring (bicyclic) bond motifs is 6. The summed E-state index contributed by atoms with van der Waals surface area (Å²) in [5, 5.41) is 24.6. The Hall–Kier alpha value is -5.32. The highest BCUT2D eigenvalue weighted by atomic mass is 15.1. The van der Waals surface area contributed by atoms with E-state index >= 15 is 0 Å². The van der Waals surface area contributed by atoms with Crippen molar-refractivity contribution in [3.8, 4) is 23.5 Å². The van der Waals surface area contributed by atoms with Crippen LogP contribution in [0.3, 0.4) is 0 Å². The molecule has 2 aromatic heterocycles. The Morgan fingerprint density at radius 3 is 1.35 bits per heavy atom. The topological polar surface area (TPSA) is 57.4 Å². The van der Waals surface area contributed by atoms with Gasteiger partial charge in [-0.05, 0) is 49.4 Å². The van der Waals surface area contributed by atoms with Gasteiger partial charge in [0.2, 0.25) is 0 Å². The number of nitriles is 2. The highest BCUT2D eigenvalue weighted by Gasteiger charge is 2.21. The number of hydrogen-bond acceptors (Lipinski definition) is 2. The molecule has 2 heterocycles. The second-order valence-corrected chi connectivity index (χ2v) is 9.35. The van der Waals surface area contributed by atoms with E-state index in [1.54, 1.807) is 0 Å². The van der Waals surface area contributed by atoms with Gasteiger partial charge in [0.1, 0.15) is 12.1 Å². The Morgan fingerprint density at radius 2 is 0.892 bits per heavy atom. The maximum atomic E-state index is 9.98. The molecule has 0 aliphatic carbocycles. The normalized spacial score (nSPS) is 11.3. The van der Waals surface area contributed by atoms with Crippen LogP contribution >= 0.6 is 0 Å². The van der Waals surface area contributed by atoms with Crippen LogP contribution in [0.15, 0.2) is 103 Å². The fraction of sp³-hybridized carbons (Fsp3) is 0.0303. The average molecular weight is 473 g/mol. The highest BCUT2D eigenvalue weighted by molar-refractivity contribution is 6.11. The molecule has 0 amide bonds. The van der Waals surface area contributed by atoms with Crippen LogP contribution in [0.25, 0.3) is 55.0 Å². The Labute approximate surface area is 213 Å². The molecule has 0 bridgehead atoms. The molecule has 0 aliphatic heterocycles. The molecule has 0 spiro atoms. The number of hydrogen-bond donors (Lipinski definition) is 0. The maximum absolute atomic E-state index is 9.98. The number of aromatic nitrogens is 2. The Balaban J connectivity index is 1.71. The Bertz CT molecular complexity index is 2070. The van der Waals surface area contributed by atoms with E-state index in [4.69, 9.17) is 0 Å². The summed E-state index contributed by atoms with van der Waals surface area (Å²) in [6.45, 7) is 2.10. The summed E-state index contributed by atoms with van der Waals surface area (Å²) in [6, 6.07) is 39.7. The van der Waals surface area contributed by atoms with Crippen LogP contribution in [0.1, 0.15) is 16.7 Å². The number of nitrogens with zero attached hydrogens (tertiary/aromatic N) is 4. The van der Waals surface area contributed by atoms with Crippen LogP contribution in [0.2, 0.25) is 0 Å². The van der Waals surface area contributed by atoms with E-state index in [1.807, 2.05) is 30.3 Å². The molecular weight excluding hydrogens is 452 g/mol. The molecule has 0 unspecified atom stereocenters. The van der Waals surface area contributed by atoms with Crippen LogP contribution < -0.4 is 0 Å². The lowest BCUT2D eigenvalue weighted by Gasteiger charge is -2.18. The van der Waals surface area contributed by atoms with Crippen molar-refractivity contribution in [3.05, 3.63) is 120 Å². The van der Waals surface area contributed by atoms with E-state index in [1.165, 1.54) is 5.56 Å². The molecule has 0 atom stereocenters. The van der Waals surface area contributed by atoms with Gasteiger partial charge in [-0.25, -0.2) is 0 Å². The molecule has 0 aliphatic rings. The van der Waals surface area contributed by atoms with Gasteiger partial charge >= 0.3 is 0 Å². The summed E-state index contributed by atoms with van der Waals surface area (Å²) < 4.78 is 4.45. The zero-order valence-corrected chi connectivity index (χ0v) is 20.1. The smallest absolute Gasteiger partial charge is 0.101 e. The first-order valence-electron chi connectivity index (χ1n) is 12.2. The standard InChI is InChI=1S/C33H20N4/c1-21-14-15-31-27(16-21)26-10-4-7-13-30(26)37(31)33-18-23(20-35)22(19-34)17-32(33)36-28-11-5-2-8-24(28)25-9-3-6-12-29(25)36/h2-18H,1H3. The maximum Gasteiger partial charge on any atom is 0.101 e. The van der Waals surface area contributed by atoms with Gasteiger partial charge in [0, 0.05) is 21.5 Å². The van der Waals surface area contributed by atoms with Crippen molar-refractivity contribution in [2.24, 2.45) is 0 Å². The molecule has 4 nitrogen and oxygen atoms in total. The quantitative estimate of drug-likeness (QED) is 0.256. The summed E-state index contributed by atoms with van der Waals surface area (Å²) in [7, 11) is 0. The van der Waals surface area contributed by atoms with Crippen LogP contribution in [0, 0.1) is 29.6 Å². The predicted octanol–water partition coefficient (Wildman–Crippen LogP) is 7.93. The lowest BCUT2D eigenvalue weighted by atomic mass is 10.1. The molecule has 172 valence electrons. The van der Waals surface area contributed by atoms with Crippen LogP contribution in [0.5, 0.6) is 0 Å². The minimum atomic E-state index is 0.361. The van der Waals surface area contributed by atoms with Crippen molar-refractivity contribution < 1.29 is 0 Å². The first-order chi connectivity index (χ1) is 18.2. The molecule has 0 N–H and O–H groups in total. The third kappa shape index (κ3) is 2.94. The van der Waals surface area contributed by atoms with Crippen molar-refractivity contribution in [2.45, 2.75) is 6.92 Å². The third-order valence-corrected chi connectivity index (χ3v) is 7.25. The first kappa shape index (κ1) is 21.0. The molecule has 0 saturated heterocycles. The largest absolute Gasteiger partial charge is 0.307 e. The fourth-order valence-corrected chi connectivity index (χ4v) is 5.65. The summed E-state index contributed by atoms with van der Waals surface area (Å²) >= 11 is 0. The Kier molecular flexibility index (Phi) is 4.46. The predicted molar refractivity (Wildman–Crippen MR) is 149 cm³/mol. The van der Waals surface area contributed by atoms with Gasteiger partial charge in [-0.3, -0.25) is 0 Å². The van der Waals surface area contributed by atoms with Gasteiger partial charge in [0.25, 0.3) is 0 Å². The van der Waals surface area contributed by atoms with Crippen molar-refractivity contribution in [3.63, 3.8) is 0 Å². The van der Waals surface area contributed by atoms with E-state index < -0.39 is 0 Å². The number of benzene rings is 5. The van der Waals surface area contributed by atoms with Crippen molar-refractivity contribution in [1.82, 2.24) is 9.13 Å². The Morgan fingerprint density at radius 1 is 0.486 bits per heavy atom. The summed E-state index contributed by atoms with van der Waals surface area (Å²) in [5.74, 6) is 0. The van der Waals surface area contributed by atoms with E-state index in [2.05, 4.69) is 101 Å². The second-order valence-electron chi connectivity index (χ2n) is 9.35. The molecule has 37 heavy (non-hydrogen) atoms. The van der Waals surface area contributed by atoms with E-state index in [0.29, 0.717) is 11.1 Å². The van der Waals surface area contributed by atoms with E-state index in [-0.39, 0.29) is 0 Å². The van der Waals surface area contributed by atoms with Crippen molar-refractivity contribution in [2.75, 3.05) is 0 Å². The molecule has 4 heteroatoms. The lowest BCUT2D eigenvalue weighted by molar-refractivity contribution is 1.09. The van der Waals surface area contributed by atoms with Gasteiger partial charge in [0.15, 0.2) is 0 Å². The fourth-order valence-electron chi connectivity index (χ4n) is 5.65. The summed E-state index contributed by atoms with van der Waals surface area (Å²) in [5.41, 5.74) is 7.84. The SMILES string of the molecule is Cc1ccc2c(c1)c1ccccc1n2-c1cc(C#N)c(C#N)cc1-n1c2ccccc2c2ccccc21. The molecule has 7 rings (SSSR count). The minimum absolute atomic E-state index is 0.361. The number of rotatable bonds is 2.